The number of nitro benzene ring substituents is 1. The molecule has 0 aliphatic carbocycles. The maximum atomic E-state index is 12.9. The average Bonchev–Trinajstić information content (AvgIpc) is 2.77. The summed E-state index contributed by atoms with van der Waals surface area (Å²) in [6, 6.07) is 6.26. The minimum Gasteiger partial charge on any atom is -0.296 e. The highest BCUT2D eigenvalue weighted by molar-refractivity contribution is 5.98. The van der Waals surface area contributed by atoms with Crippen LogP contribution in [0, 0.1) is 10.1 Å². The number of amides is 1. The minimum atomic E-state index is -4.75. The number of carbonyl (C=O) groups excluding carboxylic acids is 1. The third-order valence-corrected chi connectivity index (χ3v) is 5.66. The zero-order valence-electron chi connectivity index (χ0n) is 17.8. The number of alkyl halides is 3. The first-order valence-electron chi connectivity index (χ1n) is 10.6. The van der Waals surface area contributed by atoms with Gasteiger partial charge in [0.25, 0.3) is 17.2 Å². The van der Waals surface area contributed by atoms with Gasteiger partial charge in [-0.25, -0.2) is 4.98 Å². The fourth-order valence-electron chi connectivity index (χ4n) is 3.90. The first-order valence-corrected chi connectivity index (χ1v) is 10.6. The largest absolute Gasteiger partial charge is 0.416 e. The van der Waals surface area contributed by atoms with E-state index in [1.807, 2.05) is 0 Å². The number of benzene rings is 2. The molecular formula is C22H20F3N5O4. The highest BCUT2D eigenvalue weighted by Gasteiger charge is 2.33. The summed E-state index contributed by atoms with van der Waals surface area (Å²) >= 11 is 0. The molecular weight excluding hydrogens is 455 g/mol. The Kier molecular flexibility index (Phi) is 6.22. The van der Waals surface area contributed by atoms with Crippen molar-refractivity contribution in [1.82, 2.24) is 15.0 Å². The third kappa shape index (κ3) is 4.70. The van der Waals surface area contributed by atoms with Crippen LogP contribution in [0.3, 0.4) is 0 Å². The van der Waals surface area contributed by atoms with Gasteiger partial charge in [-0.15, -0.1) is 0 Å². The topological polar surface area (TPSA) is 119 Å². The molecule has 0 saturated carbocycles. The van der Waals surface area contributed by atoms with Crippen LogP contribution in [0.15, 0.2) is 41.2 Å². The molecule has 2 heterocycles. The summed E-state index contributed by atoms with van der Waals surface area (Å²) in [6.45, 7) is 0.592. The lowest BCUT2D eigenvalue weighted by Gasteiger charge is -2.16. The quantitative estimate of drug-likeness (QED) is 0.431. The number of anilines is 1. The number of hydrogen-bond acceptors (Lipinski definition) is 6. The van der Waals surface area contributed by atoms with Crippen LogP contribution in [0.2, 0.25) is 0 Å². The van der Waals surface area contributed by atoms with Crippen molar-refractivity contribution in [1.29, 1.82) is 0 Å². The summed E-state index contributed by atoms with van der Waals surface area (Å²) in [5, 5.41) is 11.6. The summed E-state index contributed by atoms with van der Waals surface area (Å²) in [4.78, 5) is 40.3. The van der Waals surface area contributed by atoms with Crippen molar-refractivity contribution in [3.8, 4) is 0 Å². The molecule has 1 amide bonds. The van der Waals surface area contributed by atoms with Gasteiger partial charge in [0.15, 0.2) is 0 Å². The predicted molar refractivity (Wildman–Crippen MR) is 117 cm³/mol. The van der Waals surface area contributed by atoms with Crippen molar-refractivity contribution in [2.75, 3.05) is 5.43 Å². The van der Waals surface area contributed by atoms with E-state index in [-0.39, 0.29) is 16.8 Å². The Balaban J connectivity index is 1.58. The molecule has 3 aromatic rings. The van der Waals surface area contributed by atoms with Crippen LogP contribution >= 0.6 is 0 Å². The number of aryl methyl sites for hydroxylation is 1. The number of fused-ring (bicyclic) bond motifs is 2. The Bertz CT molecular complexity index is 1340. The Morgan fingerprint density at radius 2 is 1.85 bits per heavy atom. The van der Waals surface area contributed by atoms with Gasteiger partial charge >= 0.3 is 6.18 Å². The molecule has 12 heteroatoms. The van der Waals surface area contributed by atoms with Crippen molar-refractivity contribution in [2.24, 2.45) is 0 Å². The molecule has 178 valence electrons. The number of nitrogens with zero attached hydrogens (tertiary/aromatic N) is 3. The van der Waals surface area contributed by atoms with Gasteiger partial charge in [-0.1, -0.05) is 12.8 Å². The number of nitro groups is 1. The van der Waals surface area contributed by atoms with E-state index in [1.165, 1.54) is 18.2 Å². The van der Waals surface area contributed by atoms with Gasteiger partial charge in [0.2, 0.25) is 0 Å². The molecule has 0 radical (unpaired) electrons. The standard InChI is InChI=1S/C22H20F3N5O4/c23-22(24,25)14-7-9-16(18(12-14)30(33)34)27-28-20(31)13-6-8-15-17(11-13)26-19-5-3-1-2-4-10-29(19)21(15)32/h6-9,11-12,27H,1-5,10H2,(H,28,31). The first kappa shape index (κ1) is 23.2. The second kappa shape index (κ2) is 9.12. The van der Waals surface area contributed by atoms with E-state index in [1.54, 1.807) is 4.57 Å². The number of aromatic nitrogens is 2. The van der Waals surface area contributed by atoms with Crippen molar-refractivity contribution in [3.05, 3.63) is 73.8 Å². The molecule has 2 aromatic carbocycles. The Morgan fingerprint density at radius 1 is 1.09 bits per heavy atom. The molecule has 0 atom stereocenters. The molecule has 1 aromatic heterocycles. The van der Waals surface area contributed by atoms with Gasteiger partial charge in [0.1, 0.15) is 11.5 Å². The lowest BCUT2D eigenvalue weighted by molar-refractivity contribution is -0.384. The summed E-state index contributed by atoms with van der Waals surface area (Å²) in [6.07, 6.45) is -0.192. The average molecular weight is 475 g/mol. The molecule has 0 spiro atoms. The number of nitrogens with one attached hydrogen (secondary N) is 2. The Hall–Kier alpha value is -3.96. The molecule has 2 N–H and O–H groups in total. The normalized spacial score (nSPS) is 14.1. The second-order valence-electron chi connectivity index (χ2n) is 7.95. The van der Waals surface area contributed by atoms with Gasteiger partial charge in [0, 0.05) is 24.6 Å². The molecule has 0 fully saturated rings. The highest BCUT2D eigenvalue weighted by atomic mass is 19.4. The van der Waals surface area contributed by atoms with Gasteiger partial charge < -0.3 is 0 Å². The van der Waals surface area contributed by atoms with Crippen molar-refractivity contribution < 1.29 is 22.9 Å². The summed E-state index contributed by atoms with van der Waals surface area (Å²) < 4.78 is 40.3. The van der Waals surface area contributed by atoms with E-state index < -0.39 is 28.3 Å². The SMILES string of the molecule is O=C(NNc1ccc(C(F)(F)F)cc1[N+](=O)[O-])c1ccc2c(=O)n3c(nc2c1)CCCCCC3. The monoisotopic (exact) mass is 475 g/mol. The molecule has 34 heavy (non-hydrogen) atoms. The fraction of sp³-hybridized carbons (Fsp3) is 0.318. The molecule has 9 nitrogen and oxygen atoms in total. The van der Waals surface area contributed by atoms with Crippen molar-refractivity contribution in [2.45, 2.75) is 44.8 Å². The number of hydrogen-bond donors (Lipinski definition) is 2. The van der Waals surface area contributed by atoms with E-state index in [9.17, 15) is 32.9 Å². The lowest BCUT2D eigenvalue weighted by atomic mass is 10.1. The third-order valence-electron chi connectivity index (χ3n) is 5.66. The molecule has 0 unspecified atom stereocenters. The Labute approximate surface area is 190 Å². The molecule has 1 aliphatic heterocycles. The smallest absolute Gasteiger partial charge is 0.296 e. The predicted octanol–water partition coefficient (Wildman–Crippen LogP) is 4.20. The number of halogens is 3. The van der Waals surface area contributed by atoms with Crippen molar-refractivity contribution >= 4 is 28.2 Å². The second-order valence-corrected chi connectivity index (χ2v) is 7.95. The molecule has 0 bridgehead atoms. The van der Waals surface area contributed by atoms with E-state index in [2.05, 4.69) is 15.8 Å². The van der Waals surface area contributed by atoms with Crippen LogP contribution in [0.25, 0.3) is 10.9 Å². The van der Waals surface area contributed by atoms with Crippen LogP contribution < -0.4 is 16.4 Å². The van der Waals surface area contributed by atoms with Crippen molar-refractivity contribution in [3.63, 3.8) is 0 Å². The number of carbonyl (C=O) groups is 1. The minimum absolute atomic E-state index is 0.122. The summed E-state index contributed by atoms with van der Waals surface area (Å²) in [5.41, 5.74) is 2.50. The summed E-state index contributed by atoms with van der Waals surface area (Å²) in [7, 11) is 0. The zero-order valence-corrected chi connectivity index (χ0v) is 17.8. The molecule has 0 saturated heterocycles. The van der Waals surface area contributed by atoms with Crippen LogP contribution in [0.5, 0.6) is 0 Å². The Morgan fingerprint density at radius 3 is 2.59 bits per heavy atom. The zero-order chi connectivity index (χ0) is 24.5. The first-order chi connectivity index (χ1) is 16.1. The fourth-order valence-corrected chi connectivity index (χ4v) is 3.90. The van der Waals surface area contributed by atoms with E-state index >= 15 is 0 Å². The van der Waals surface area contributed by atoms with Gasteiger partial charge in [-0.3, -0.25) is 35.1 Å². The van der Waals surface area contributed by atoms with Crippen LogP contribution in [0.4, 0.5) is 24.5 Å². The lowest BCUT2D eigenvalue weighted by Crippen LogP contribution is -2.30. The highest BCUT2D eigenvalue weighted by Crippen LogP contribution is 2.34. The van der Waals surface area contributed by atoms with Gasteiger partial charge in [-0.05, 0) is 43.2 Å². The molecule has 1 aliphatic rings. The van der Waals surface area contributed by atoms with E-state index in [0.29, 0.717) is 41.8 Å². The molecule has 4 rings (SSSR count). The number of rotatable bonds is 4. The van der Waals surface area contributed by atoms with Crippen LogP contribution in [0.1, 0.15) is 47.4 Å². The number of hydrazine groups is 1. The van der Waals surface area contributed by atoms with Gasteiger partial charge in [-0.2, -0.15) is 13.2 Å². The maximum absolute atomic E-state index is 12.9. The summed E-state index contributed by atoms with van der Waals surface area (Å²) in [5.74, 6) is -0.0435. The van der Waals surface area contributed by atoms with E-state index in [4.69, 9.17) is 0 Å². The van der Waals surface area contributed by atoms with E-state index in [0.717, 1.165) is 31.7 Å². The van der Waals surface area contributed by atoms with Crippen LogP contribution in [-0.2, 0) is 19.1 Å². The van der Waals surface area contributed by atoms with Crippen LogP contribution in [-0.4, -0.2) is 20.4 Å². The van der Waals surface area contributed by atoms with Gasteiger partial charge in [0.05, 0.1) is 21.4 Å². The maximum Gasteiger partial charge on any atom is 0.416 e.